The number of amides is 1. The van der Waals surface area contributed by atoms with Crippen molar-refractivity contribution in [1.29, 1.82) is 0 Å². The molecule has 23 heavy (non-hydrogen) atoms. The van der Waals surface area contributed by atoms with Gasteiger partial charge in [0.05, 0.1) is 17.8 Å². The van der Waals surface area contributed by atoms with E-state index in [0.717, 1.165) is 5.56 Å². The number of carbonyl (C=O) groups excluding carboxylic acids is 2. The van der Waals surface area contributed by atoms with Crippen LogP contribution in [-0.2, 0) is 4.79 Å². The number of ketones is 1. The third-order valence-electron chi connectivity index (χ3n) is 3.61. The van der Waals surface area contributed by atoms with Gasteiger partial charge in [0, 0.05) is 10.0 Å². The van der Waals surface area contributed by atoms with Crippen molar-refractivity contribution < 1.29 is 14.3 Å². The molecule has 1 aliphatic rings. The molecule has 0 fully saturated rings. The fraction of sp³-hybridized carbons (Fsp3) is 0.176. The number of hydrogen-bond donors (Lipinski definition) is 0. The molecular formula is C17H13Cl2NO3. The molecule has 4 nitrogen and oxygen atoms in total. The number of carbonyl (C=O) groups is 2. The summed E-state index contributed by atoms with van der Waals surface area (Å²) in [6.45, 7) is 2.37. The first kappa shape index (κ1) is 15.8. The highest BCUT2D eigenvalue weighted by Gasteiger charge is 2.36. The maximum atomic E-state index is 12.1. The maximum Gasteiger partial charge on any atom is 0.299 e. The van der Waals surface area contributed by atoms with Crippen LogP contribution in [0.15, 0.2) is 36.4 Å². The summed E-state index contributed by atoms with van der Waals surface area (Å²) in [5, 5.41) is 0.947. The number of anilines is 1. The van der Waals surface area contributed by atoms with Crippen molar-refractivity contribution >= 4 is 40.6 Å². The Balaban J connectivity index is 1.74. The number of rotatable bonds is 4. The molecule has 0 radical (unpaired) electrons. The third kappa shape index (κ3) is 3.05. The molecule has 0 bridgehead atoms. The Kier molecular flexibility index (Phi) is 4.28. The molecule has 6 heteroatoms. The summed E-state index contributed by atoms with van der Waals surface area (Å²) >= 11 is 11.8. The van der Waals surface area contributed by atoms with Crippen LogP contribution in [0.3, 0.4) is 0 Å². The quantitative estimate of drug-likeness (QED) is 0.786. The first-order chi connectivity index (χ1) is 11.0. The van der Waals surface area contributed by atoms with Gasteiger partial charge < -0.3 is 9.64 Å². The molecule has 0 spiro atoms. The van der Waals surface area contributed by atoms with Gasteiger partial charge in [-0.1, -0.05) is 35.3 Å². The average molecular weight is 350 g/mol. The van der Waals surface area contributed by atoms with Crippen molar-refractivity contribution in [2.24, 2.45) is 0 Å². The van der Waals surface area contributed by atoms with Crippen LogP contribution in [0.25, 0.3) is 0 Å². The average Bonchev–Trinajstić information content (AvgIpc) is 2.73. The van der Waals surface area contributed by atoms with Gasteiger partial charge in [-0.05, 0) is 36.8 Å². The van der Waals surface area contributed by atoms with E-state index in [-0.39, 0.29) is 13.2 Å². The van der Waals surface area contributed by atoms with Gasteiger partial charge in [0.25, 0.3) is 11.7 Å². The van der Waals surface area contributed by atoms with Crippen molar-refractivity contribution in [2.45, 2.75) is 6.92 Å². The van der Waals surface area contributed by atoms with E-state index < -0.39 is 11.7 Å². The summed E-state index contributed by atoms with van der Waals surface area (Å²) in [4.78, 5) is 25.6. The smallest absolute Gasteiger partial charge is 0.299 e. The second-order valence-corrected chi connectivity index (χ2v) is 6.08. The fourth-order valence-electron chi connectivity index (χ4n) is 2.62. The number of halogens is 2. The minimum atomic E-state index is -0.526. The van der Waals surface area contributed by atoms with E-state index in [9.17, 15) is 9.59 Å². The van der Waals surface area contributed by atoms with E-state index >= 15 is 0 Å². The molecule has 0 saturated heterocycles. The van der Waals surface area contributed by atoms with E-state index in [1.807, 2.05) is 13.0 Å². The number of Topliss-reactive ketones (excluding diaryl/α,β-unsaturated/α-hetero) is 1. The van der Waals surface area contributed by atoms with E-state index in [1.165, 1.54) is 4.90 Å². The van der Waals surface area contributed by atoms with Crippen LogP contribution in [0.4, 0.5) is 5.69 Å². The fourth-order valence-corrected chi connectivity index (χ4v) is 3.13. The standard InChI is InChI=1S/C17H13Cl2NO3/c1-10-3-2-4-14-15(10)20(17(22)16(14)21)5-6-23-13-8-11(18)7-12(19)9-13/h2-4,7-9H,5-6H2,1H3. The highest BCUT2D eigenvalue weighted by atomic mass is 35.5. The number of hydrogen-bond acceptors (Lipinski definition) is 3. The van der Waals surface area contributed by atoms with Crippen molar-refractivity contribution in [3.8, 4) is 5.75 Å². The lowest BCUT2D eigenvalue weighted by molar-refractivity contribution is -0.114. The zero-order valence-electron chi connectivity index (χ0n) is 12.3. The first-order valence-corrected chi connectivity index (χ1v) is 7.77. The van der Waals surface area contributed by atoms with Gasteiger partial charge in [0.2, 0.25) is 0 Å². The van der Waals surface area contributed by atoms with Crippen LogP contribution < -0.4 is 9.64 Å². The lowest BCUT2D eigenvalue weighted by Crippen LogP contribution is -2.33. The van der Waals surface area contributed by atoms with Crippen molar-refractivity contribution in [3.63, 3.8) is 0 Å². The monoisotopic (exact) mass is 349 g/mol. The van der Waals surface area contributed by atoms with Crippen molar-refractivity contribution in [1.82, 2.24) is 0 Å². The van der Waals surface area contributed by atoms with Crippen LogP contribution in [0.1, 0.15) is 15.9 Å². The number of para-hydroxylation sites is 1. The Morgan fingerprint density at radius 2 is 1.78 bits per heavy atom. The SMILES string of the molecule is Cc1cccc2c1N(CCOc1cc(Cl)cc(Cl)c1)C(=O)C2=O. The molecule has 0 unspecified atom stereocenters. The molecule has 1 heterocycles. The molecule has 1 amide bonds. The summed E-state index contributed by atoms with van der Waals surface area (Å²) in [6.07, 6.45) is 0. The summed E-state index contributed by atoms with van der Waals surface area (Å²) in [6, 6.07) is 10.2. The third-order valence-corrected chi connectivity index (χ3v) is 4.05. The Morgan fingerprint density at radius 3 is 2.48 bits per heavy atom. The Morgan fingerprint density at radius 1 is 1.09 bits per heavy atom. The minimum absolute atomic E-state index is 0.226. The van der Waals surface area contributed by atoms with Gasteiger partial charge in [-0.2, -0.15) is 0 Å². The van der Waals surface area contributed by atoms with E-state index in [1.54, 1.807) is 30.3 Å². The molecule has 1 aliphatic heterocycles. The van der Waals surface area contributed by atoms with E-state index in [4.69, 9.17) is 27.9 Å². The van der Waals surface area contributed by atoms with E-state index in [0.29, 0.717) is 27.0 Å². The van der Waals surface area contributed by atoms with Crippen molar-refractivity contribution in [2.75, 3.05) is 18.1 Å². The summed E-state index contributed by atoms with van der Waals surface area (Å²) < 4.78 is 5.59. The Bertz CT molecular complexity index is 784. The van der Waals surface area contributed by atoms with Crippen LogP contribution in [0.5, 0.6) is 5.75 Å². The first-order valence-electron chi connectivity index (χ1n) is 7.02. The number of ether oxygens (including phenoxy) is 1. The molecule has 0 aromatic heterocycles. The lowest BCUT2D eigenvalue weighted by Gasteiger charge is -2.18. The summed E-state index contributed by atoms with van der Waals surface area (Å²) in [7, 11) is 0. The predicted octanol–water partition coefficient (Wildman–Crippen LogP) is 3.91. The van der Waals surface area contributed by atoms with Gasteiger partial charge in [0.15, 0.2) is 0 Å². The minimum Gasteiger partial charge on any atom is -0.492 e. The molecule has 2 aromatic rings. The zero-order chi connectivity index (χ0) is 16.6. The number of fused-ring (bicyclic) bond motifs is 1. The summed E-state index contributed by atoms with van der Waals surface area (Å²) in [5.74, 6) is -0.484. The second-order valence-electron chi connectivity index (χ2n) is 5.21. The molecular weight excluding hydrogens is 337 g/mol. The predicted molar refractivity (Wildman–Crippen MR) is 89.8 cm³/mol. The second kappa shape index (κ2) is 6.22. The van der Waals surface area contributed by atoms with Gasteiger partial charge in [-0.15, -0.1) is 0 Å². The lowest BCUT2D eigenvalue weighted by atomic mass is 10.1. The molecule has 2 aromatic carbocycles. The highest BCUT2D eigenvalue weighted by Crippen LogP contribution is 2.32. The van der Waals surface area contributed by atoms with E-state index in [2.05, 4.69) is 0 Å². The van der Waals surface area contributed by atoms with Gasteiger partial charge in [-0.25, -0.2) is 0 Å². The number of benzene rings is 2. The Hall–Kier alpha value is -2.04. The number of aryl methyl sites for hydroxylation is 1. The zero-order valence-corrected chi connectivity index (χ0v) is 13.8. The van der Waals surface area contributed by atoms with Crippen LogP contribution in [-0.4, -0.2) is 24.8 Å². The molecule has 0 saturated carbocycles. The molecule has 0 N–H and O–H groups in total. The van der Waals surface area contributed by atoms with Crippen molar-refractivity contribution in [3.05, 3.63) is 57.6 Å². The highest BCUT2D eigenvalue weighted by molar-refractivity contribution is 6.52. The van der Waals surface area contributed by atoms with Gasteiger partial charge in [-0.3, -0.25) is 9.59 Å². The molecule has 0 atom stereocenters. The Labute approximate surface area is 143 Å². The topological polar surface area (TPSA) is 46.6 Å². The van der Waals surface area contributed by atoms with Gasteiger partial charge >= 0.3 is 0 Å². The van der Waals surface area contributed by atoms with Crippen LogP contribution >= 0.6 is 23.2 Å². The van der Waals surface area contributed by atoms with Crippen LogP contribution in [0.2, 0.25) is 10.0 Å². The summed E-state index contributed by atoms with van der Waals surface area (Å²) in [5.41, 5.74) is 1.99. The van der Waals surface area contributed by atoms with Gasteiger partial charge in [0.1, 0.15) is 12.4 Å². The largest absolute Gasteiger partial charge is 0.492 e. The molecule has 118 valence electrons. The normalized spacial score (nSPS) is 13.4. The number of nitrogens with zero attached hydrogens (tertiary/aromatic N) is 1. The molecule has 0 aliphatic carbocycles. The molecule has 3 rings (SSSR count). The maximum absolute atomic E-state index is 12.1. The van der Waals surface area contributed by atoms with Crippen LogP contribution in [0, 0.1) is 6.92 Å².